The highest BCUT2D eigenvalue weighted by Crippen LogP contribution is 2.26. The third kappa shape index (κ3) is 4.93. The van der Waals surface area contributed by atoms with Gasteiger partial charge in [0.1, 0.15) is 11.5 Å². The summed E-state index contributed by atoms with van der Waals surface area (Å²) in [5, 5.41) is 4.03. The Morgan fingerprint density at radius 2 is 1.81 bits per heavy atom. The number of benzene rings is 2. The monoisotopic (exact) mass is 435 g/mol. The van der Waals surface area contributed by atoms with E-state index in [0.717, 1.165) is 29.9 Å². The number of amides is 1. The van der Waals surface area contributed by atoms with Gasteiger partial charge in [0.05, 0.1) is 13.7 Å². The van der Waals surface area contributed by atoms with E-state index in [-0.39, 0.29) is 12.5 Å². The first-order valence-electron chi connectivity index (χ1n) is 11.1. The second-order valence-electron chi connectivity index (χ2n) is 8.09. The van der Waals surface area contributed by atoms with Gasteiger partial charge in [-0.1, -0.05) is 18.1 Å². The summed E-state index contributed by atoms with van der Waals surface area (Å²) in [6.07, 6.45) is 4.65. The summed E-state index contributed by atoms with van der Waals surface area (Å²) in [4.78, 5) is 19.0. The van der Waals surface area contributed by atoms with Crippen molar-refractivity contribution in [3.8, 4) is 22.9 Å². The van der Waals surface area contributed by atoms with Crippen molar-refractivity contribution in [1.29, 1.82) is 0 Å². The number of fused-ring (bicyclic) bond motifs is 1. The highest BCUT2D eigenvalue weighted by molar-refractivity contribution is 5.81. The molecule has 0 radical (unpaired) electrons. The number of ether oxygens (including phenoxy) is 2. The number of methoxy groups -OCH3 is 1. The molecule has 168 valence electrons. The molecule has 0 spiro atoms. The normalized spacial score (nSPS) is 13.8. The lowest BCUT2D eigenvalue weighted by Gasteiger charge is -2.24. The molecule has 0 bridgehead atoms. The number of aryl methyl sites for hydroxylation is 2. The number of hydrogen-bond donors (Lipinski definition) is 0. The molecule has 0 saturated carbocycles. The van der Waals surface area contributed by atoms with E-state index in [4.69, 9.17) is 14.0 Å². The molecule has 7 nitrogen and oxygen atoms in total. The standard InChI is InChI=1S/C25H29N3O4/c1-4-22(31-21-14-9-17-7-5-6-8-19(17)15-21)25(29)28(2)16-23-26-24(27-32-23)18-10-12-20(30-3)13-11-18/h9-15,22H,4-8,16H2,1-3H3/t22-/m0/s1. The van der Waals surface area contributed by atoms with Crippen LogP contribution < -0.4 is 9.47 Å². The molecule has 32 heavy (non-hydrogen) atoms. The van der Waals surface area contributed by atoms with Gasteiger partial charge in [0, 0.05) is 12.6 Å². The molecule has 1 aliphatic carbocycles. The van der Waals surface area contributed by atoms with Gasteiger partial charge in [0.15, 0.2) is 6.10 Å². The topological polar surface area (TPSA) is 77.7 Å². The minimum atomic E-state index is -0.564. The molecule has 0 fully saturated rings. The Bertz CT molecular complexity index is 1060. The fourth-order valence-electron chi connectivity index (χ4n) is 3.96. The summed E-state index contributed by atoms with van der Waals surface area (Å²) in [5.74, 6) is 2.23. The van der Waals surface area contributed by atoms with Crippen LogP contribution in [0.15, 0.2) is 47.0 Å². The van der Waals surface area contributed by atoms with Crippen LogP contribution in [-0.2, 0) is 24.2 Å². The van der Waals surface area contributed by atoms with Crippen LogP contribution in [0, 0.1) is 0 Å². The van der Waals surface area contributed by atoms with Gasteiger partial charge in [-0.3, -0.25) is 4.79 Å². The molecule has 7 heteroatoms. The molecule has 0 saturated heterocycles. The van der Waals surface area contributed by atoms with Crippen LogP contribution in [-0.4, -0.2) is 41.2 Å². The first kappa shape index (κ1) is 21.9. The van der Waals surface area contributed by atoms with Crippen molar-refractivity contribution in [1.82, 2.24) is 15.0 Å². The lowest BCUT2D eigenvalue weighted by molar-refractivity contribution is -0.138. The Hall–Kier alpha value is -3.35. The number of likely N-dealkylation sites (N-methyl/N-ethyl adjacent to an activating group) is 1. The van der Waals surface area contributed by atoms with Crippen molar-refractivity contribution in [2.75, 3.05) is 14.2 Å². The molecule has 1 aromatic heterocycles. The Morgan fingerprint density at radius 3 is 2.53 bits per heavy atom. The van der Waals surface area contributed by atoms with Gasteiger partial charge in [0.2, 0.25) is 11.7 Å². The van der Waals surface area contributed by atoms with E-state index in [9.17, 15) is 4.79 Å². The van der Waals surface area contributed by atoms with Gasteiger partial charge in [0.25, 0.3) is 5.91 Å². The van der Waals surface area contributed by atoms with Gasteiger partial charge in [-0.25, -0.2) is 0 Å². The molecule has 0 unspecified atom stereocenters. The molecule has 1 aliphatic rings. The zero-order valence-corrected chi connectivity index (χ0v) is 18.8. The molecular weight excluding hydrogens is 406 g/mol. The first-order chi connectivity index (χ1) is 15.6. The molecule has 2 aromatic carbocycles. The van der Waals surface area contributed by atoms with Crippen LogP contribution in [0.2, 0.25) is 0 Å². The zero-order chi connectivity index (χ0) is 22.5. The van der Waals surface area contributed by atoms with E-state index in [2.05, 4.69) is 22.3 Å². The van der Waals surface area contributed by atoms with E-state index in [1.807, 2.05) is 37.3 Å². The molecule has 1 amide bonds. The number of nitrogens with zero attached hydrogens (tertiary/aromatic N) is 3. The van der Waals surface area contributed by atoms with E-state index in [1.165, 1.54) is 24.0 Å². The van der Waals surface area contributed by atoms with Crippen molar-refractivity contribution >= 4 is 5.91 Å². The smallest absolute Gasteiger partial charge is 0.263 e. The Labute approximate surface area is 188 Å². The second-order valence-corrected chi connectivity index (χ2v) is 8.09. The largest absolute Gasteiger partial charge is 0.497 e. The van der Waals surface area contributed by atoms with Crippen LogP contribution >= 0.6 is 0 Å². The predicted octanol–water partition coefficient (Wildman–Crippen LogP) is 4.44. The number of rotatable bonds is 8. The highest BCUT2D eigenvalue weighted by atomic mass is 16.5. The molecular formula is C25H29N3O4. The Kier molecular flexibility index (Phi) is 6.73. The number of hydrogen-bond acceptors (Lipinski definition) is 6. The summed E-state index contributed by atoms with van der Waals surface area (Å²) < 4.78 is 16.6. The first-order valence-corrected chi connectivity index (χ1v) is 11.1. The number of carbonyl (C=O) groups excluding carboxylic acids is 1. The molecule has 0 aliphatic heterocycles. The highest BCUT2D eigenvalue weighted by Gasteiger charge is 2.24. The van der Waals surface area contributed by atoms with Crippen LogP contribution in [0.3, 0.4) is 0 Å². The fourth-order valence-corrected chi connectivity index (χ4v) is 3.96. The molecule has 4 rings (SSSR count). The van der Waals surface area contributed by atoms with E-state index >= 15 is 0 Å². The summed E-state index contributed by atoms with van der Waals surface area (Å²) in [5.41, 5.74) is 3.54. The van der Waals surface area contributed by atoms with Crippen LogP contribution in [0.1, 0.15) is 43.2 Å². The van der Waals surface area contributed by atoms with Gasteiger partial charge in [-0.2, -0.15) is 4.98 Å². The van der Waals surface area contributed by atoms with Crippen molar-refractivity contribution < 1.29 is 18.8 Å². The van der Waals surface area contributed by atoms with Gasteiger partial charge >= 0.3 is 0 Å². The second kappa shape index (κ2) is 9.85. The fraction of sp³-hybridized carbons (Fsp3) is 0.400. The average molecular weight is 436 g/mol. The maximum absolute atomic E-state index is 13.0. The molecule has 1 heterocycles. The van der Waals surface area contributed by atoms with Crippen molar-refractivity contribution in [3.63, 3.8) is 0 Å². The van der Waals surface area contributed by atoms with Gasteiger partial charge < -0.3 is 18.9 Å². The van der Waals surface area contributed by atoms with E-state index < -0.39 is 6.10 Å². The van der Waals surface area contributed by atoms with E-state index in [0.29, 0.717) is 18.1 Å². The maximum atomic E-state index is 13.0. The maximum Gasteiger partial charge on any atom is 0.263 e. The third-order valence-electron chi connectivity index (χ3n) is 5.81. The van der Waals surface area contributed by atoms with Crippen LogP contribution in [0.5, 0.6) is 11.5 Å². The average Bonchev–Trinajstić information content (AvgIpc) is 3.30. The SMILES string of the molecule is CC[C@H](Oc1ccc2c(c1)CCCC2)C(=O)N(C)Cc1nc(-c2ccc(OC)cc2)no1. The van der Waals surface area contributed by atoms with Crippen LogP contribution in [0.4, 0.5) is 0 Å². The minimum Gasteiger partial charge on any atom is -0.497 e. The summed E-state index contributed by atoms with van der Waals surface area (Å²) in [6.45, 7) is 2.16. The number of carbonyl (C=O) groups is 1. The quantitative estimate of drug-likeness (QED) is 0.521. The Balaban J connectivity index is 1.39. The lowest BCUT2D eigenvalue weighted by Crippen LogP contribution is -2.39. The molecule has 1 atom stereocenters. The number of aromatic nitrogens is 2. The minimum absolute atomic E-state index is 0.116. The van der Waals surface area contributed by atoms with Crippen molar-refractivity contribution in [2.24, 2.45) is 0 Å². The third-order valence-corrected chi connectivity index (χ3v) is 5.81. The molecule has 3 aromatic rings. The van der Waals surface area contributed by atoms with Gasteiger partial charge in [-0.15, -0.1) is 0 Å². The summed E-state index contributed by atoms with van der Waals surface area (Å²) >= 11 is 0. The van der Waals surface area contributed by atoms with Crippen molar-refractivity contribution in [2.45, 2.75) is 51.7 Å². The summed E-state index contributed by atoms with van der Waals surface area (Å²) in [7, 11) is 3.34. The zero-order valence-electron chi connectivity index (χ0n) is 18.8. The summed E-state index contributed by atoms with van der Waals surface area (Å²) in [6, 6.07) is 13.6. The Morgan fingerprint density at radius 1 is 1.09 bits per heavy atom. The van der Waals surface area contributed by atoms with E-state index in [1.54, 1.807) is 19.1 Å². The van der Waals surface area contributed by atoms with Crippen LogP contribution in [0.25, 0.3) is 11.4 Å². The lowest BCUT2D eigenvalue weighted by atomic mass is 9.92. The molecule has 0 N–H and O–H groups in total. The predicted molar refractivity (Wildman–Crippen MR) is 121 cm³/mol. The van der Waals surface area contributed by atoms with Crippen molar-refractivity contribution in [3.05, 3.63) is 59.5 Å². The van der Waals surface area contributed by atoms with Gasteiger partial charge in [-0.05, 0) is 79.6 Å².